The maximum atomic E-state index is 12.5. The lowest BCUT2D eigenvalue weighted by molar-refractivity contribution is 0.102. The molecule has 0 fully saturated rings. The van der Waals surface area contributed by atoms with Crippen LogP contribution in [-0.2, 0) is 16.6 Å². The van der Waals surface area contributed by atoms with Crippen LogP contribution < -0.4 is 9.62 Å². The van der Waals surface area contributed by atoms with E-state index in [0.717, 1.165) is 21.2 Å². The van der Waals surface area contributed by atoms with E-state index >= 15 is 0 Å². The highest BCUT2D eigenvalue weighted by Gasteiger charge is 2.20. The van der Waals surface area contributed by atoms with Crippen LogP contribution in [0.1, 0.15) is 27.0 Å². The van der Waals surface area contributed by atoms with Crippen molar-refractivity contribution in [2.75, 3.05) is 15.9 Å². The molecule has 0 unspecified atom stereocenters. The van der Waals surface area contributed by atoms with Gasteiger partial charge >= 0.3 is 0 Å². The van der Waals surface area contributed by atoms with Crippen LogP contribution >= 0.6 is 15.9 Å². The van der Waals surface area contributed by atoms with Gasteiger partial charge in [0.2, 0.25) is 10.0 Å². The number of benzene rings is 3. The van der Waals surface area contributed by atoms with E-state index in [1.807, 2.05) is 56.3 Å². The molecule has 0 radical (unpaired) electrons. The molecule has 3 aromatic rings. The maximum Gasteiger partial charge on any atom is 0.255 e. The standard InChI is InChI=1S/C23H23BrN2O3S/c1-16-4-5-17(2)22(14-16)26(30(3,28)29)15-18-6-8-19(9-7-18)23(27)25-21-12-10-20(24)11-13-21/h4-14H,15H2,1-3H3,(H,25,27). The first-order valence-electron chi connectivity index (χ1n) is 9.34. The number of sulfonamides is 1. The zero-order chi connectivity index (χ0) is 21.9. The van der Waals surface area contributed by atoms with Crippen LogP contribution in [0.2, 0.25) is 0 Å². The SMILES string of the molecule is Cc1ccc(C)c(N(Cc2ccc(C(=O)Nc3ccc(Br)cc3)cc2)S(C)(=O)=O)c1. The minimum Gasteiger partial charge on any atom is -0.322 e. The number of hydrogen-bond acceptors (Lipinski definition) is 3. The number of anilines is 2. The van der Waals surface area contributed by atoms with E-state index in [1.165, 1.54) is 10.6 Å². The van der Waals surface area contributed by atoms with Gasteiger partial charge in [0, 0.05) is 15.7 Å². The molecule has 5 nitrogen and oxygen atoms in total. The van der Waals surface area contributed by atoms with Gasteiger partial charge in [-0.3, -0.25) is 9.10 Å². The Bertz CT molecular complexity index is 1160. The van der Waals surface area contributed by atoms with E-state index < -0.39 is 10.0 Å². The minimum atomic E-state index is -3.48. The first-order valence-corrected chi connectivity index (χ1v) is 12.0. The smallest absolute Gasteiger partial charge is 0.255 e. The molecule has 0 aliphatic carbocycles. The van der Waals surface area contributed by atoms with Gasteiger partial charge in [-0.2, -0.15) is 0 Å². The summed E-state index contributed by atoms with van der Waals surface area (Å²) in [5.41, 5.74) is 4.53. The molecular weight excluding hydrogens is 464 g/mol. The molecule has 0 saturated carbocycles. The summed E-state index contributed by atoms with van der Waals surface area (Å²) < 4.78 is 27.3. The molecule has 0 aromatic heterocycles. The maximum absolute atomic E-state index is 12.5. The number of hydrogen-bond donors (Lipinski definition) is 1. The van der Waals surface area contributed by atoms with Gasteiger partial charge in [0.25, 0.3) is 5.91 Å². The molecule has 3 rings (SSSR count). The number of aryl methyl sites for hydroxylation is 2. The van der Waals surface area contributed by atoms with Crippen LogP contribution in [0.3, 0.4) is 0 Å². The summed E-state index contributed by atoms with van der Waals surface area (Å²) in [5, 5.41) is 2.84. The molecule has 7 heteroatoms. The van der Waals surface area contributed by atoms with Gasteiger partial charge < -0.3 is 5.32 Å². The third-order valence-electron chi connectivity index (χ3n) is 4.68. The number of rotatable bonds is 6. The van der Waals surface area contributed by atoms with E-state index in [-0.39, 0.29) is 12.5 Å². The van der Waals surface area contributed by atoms with Crippen LogP contribution in [0.4, 0.5) is 11.4 Å². The first-order chi connectivity index (χ1) is 14.1. The average molecular weight is 487 g/mol. The molecule has 0 aliphatic heterocycles. The fourth-order valence-corrected chi connectivity index (χ4v) is 4.23. The zero-order valence-corrected chi connectivity index (χ0v) is 19.4. The second-order valence-corrected chi connectivity index (χ2v) is 10.0. The largest absolute Gasteiger partial charge is 0.322 e. The zero-order valence-electron chi connectivity index (χ0n) is 17.0. The number of nitrogens with one attached hydrogen (secondary N) is 1. The van der Waals surface area contributed by atoms with E-state index in [0.29, 0.717) is 16.9 Å². The molecule has 156 valence electrons. The quantitative estimate of drug-likeness (QED) is 0.514. The summed E-state index contributed by atoms with van der Waals surface area (Å²) in [7, 11) is -3.48. The van der Waals surface area contributed by atoms with Gasteiger partial charge in [0.15, 0.2) is 0 Å². The summed E-state index contributed by atoms with van der Waals surface area (Å²) in [6.45, 7) is 4.02. The van der Waals surface area contributed by atoms with Crippen molar-refractivity contribution < 1.29 is 13.2 Å². The van der Waals surface area contributed by atoms with Gasteiger partial charge in [0.05, 0.1) is 18.5 Å². The van der Waals surface area contributed by atoms with Crippen LogP contribution in [0, 0.1) is 13.8 Å². The molecule has 30 heavy (non-hydrogen) atoms. The topological polar surface area (TPSA) is 66.5 Å². The Morgan fingerprint density at radius 3 is 2.20 bits per heavy atom. The predicted octanol–water partition coefficient (Wildman–Crippen LogP) is 5.28. The monoisotopic (exact) mass is 486 g/mol. The fraction of sp³-hybridized carbons (Fsp3) is 0.174. The third-order valence-corrected chi connectivity index (χ3v) is 6.33. The van der Waals surface area contributed by atoms with Gasteiger partial charge in [-0.05, 0) is 73.0 Å². The van der Waals surface area contributed by atoms with Crippen molar-refractivity contribution in [3.63, 3.8) is 0 Å². The fourth-order valence-electron chi connectivity index (χ4n) is 3.03. The summed E-state index contributed by atoms with van der Waals surface area (Å²) in [6, 6.07) is 20.0. The Morgan fingerprint density at radius 1 is 0.967 bits per heavy atom. The van der Waals surface area contributed by atoms with Crippen molar-refractivity contribution in [1.29, 1.82) is 0 Å². The number of carbonyl (C=O) groups excluding carboxylic acids is 1. The Kier molecular flexibility index (Phi) is 6.63. The van der Waals surface area contributed by atoms with Gasteiger partial charge in [0.1, 0.15) is 0 Å². The van der Waals surface area contributed by atoms with Gasteiger partial charge in [-0.1, -0.05) is 40.2 Å². The molecule has 0 atom stereocenters. The average Bonchev–Trinajstić information content (AvgIpc) is 2.69. The Balaban J connectivity index is 1.79. The van der Waals surface area contributed by atoms with Crippen LogP contribution in [0.5, 0.6) is 0 Å². The second-order valence-electron chi connectivity index (χ2n) is 7.22. The van der Waals surface area contributed by atoms with Crippen molar-refractivity contribution in [2.45, 2.75) is 20.4 Å². The predicted molar refractivity (Wildman–Crippen MR) is 125 cm³/mol. The van der Waals surface area contributed by atoms with Gasteiger partial charge in [-0.25, -0.2) is 8.42 Å². The lowest BCUT2D eigenvalue weighted by Gasteiger charge is -2.25. The van der Waals surface area contributed by atoms with Gasteiger partial charge in [-0.15, -0.1) is 0 Å². The molecule has 1 amide bonds. The van der Waals surface area contributed by atoms with Crippen LogP contribution in [-0.4, -0.2) is 20.6 Å². The number of carbonyl (C=O) groups is 1. The molecular formula is C23H23BrN2O3S. The minimum absolute atomic E-state index is 0.192. The molecule has 0 bridgehead atoms. The van der Waals surface area contributed by atoms with Crippen molar-refractivity contribution in [3.05, 3.63) is 93.5 Å². The van der Waals surface area contributed by atoms with E-state index in [1.54, 1.807) is 24.3 Å². The summed E-state index contributed by atoms with van der Waals surface area (Å²) >= 11 is 3.36. The number of amides is 1. The van der Waals surface area contributed by atoms with E-state index in [9.17, 15) is 13.2 Å². The molecule has 0 spiro atoms. The van der Waals surface area contributed by atoms with Crippen molar-refractivity contribution in [1.82, 2.24) is 0 Å². The summed E-state index contributed by atoms with van der Waals surface area (Å²) in [5.74, 6) is -0.224. The van der Waals surface area contributed by atoms with Crippen LogP contribution in [0.15, 0.2) is 71.2 Å². The lowest BCUT2D eigenvalue weighted by atomic mass is 10.1. The summed E-state index contributed by atoms with van der Waals surface area (Å²) in [4.78, 5) is 12.5. The highest BCUT2D eigenvalue weighted by Crippen LogP contribution is 2.26. The molecule has 3 aromatic carbocycles. The Labute approximate surface area is 185 Å². The highest BCUT2D eigenvalue weighted by atomic mass is 79.9. The summed E-state index contributed by atoms with van der Waals surface area (Å²) in [6.07, 6.45) is 1.20. The van der Waals surface area contributed by atoms with E-state index in [4.69, 9.17) is 0 Å². The van der Waals surface area contributed by atoms with E-state index in [2.05, 4.69) is 21.2 Å². The molecule has 0 saturated heterocycles. The third kappa shape index (κ3) is 5.49. The second kappa shape index (κ2) is 9.02. The first kappa shape index (κ1) is 22.1. The van der Waals surface area contributed by atoms with Crippen molar-refractivity contribution in [3.8, 4) is 0 Å². The molecule has 0 heterocycles. The molecule has 1 N–H and O–H groups in total. The number of nitrogens with zero attached hydrogens (tertiary/aromatic N) is 1. The lowest BCUT2D eigenvalue weighted by Crippen LogP contribution is -2.30. The Morgan fingerprint density at radius 2 is 1.60 bits per heavy atom. The Hall–Kier alpha value is -2.64. The molecule has 0 aliphatic rings. The van der Waals surface area contributed by atoms with Crippen LogP contribution in [0.25, 0.3) is 0 Å². The normalized spacial score (nSPS) is 11.2. The number of halogens is 1. The highest BCUT2D eigenvalue weighted by molar-refractivity contribution is 9.10. The van der Waals surface area contributed by atoms with Crippen molar-refractivity contribution in [2.24, 2.45) is 0 Å². The van der Waals surface area contributed by atoms with Crippen molar-refractivity contribution >= 4 is 43.2 Å².